The Morgan fingerprint density at radius 1 is 1.39 bits per heavy atom. The number of aromatic carboxylic acids is 1. The Kier molecular flexibility index (Phi) is 2.86. The zero-order chi connectivity index (χ0) is 13.5. The number of urea groups is 1. The van der Waals surface area contributed by atoms with Gasteiger partial charge in [-0.3, -0.25) is 10.1 Å². The number of carboxylic acids is 1. The van der Waals surface area contributed by atoms with Gasteiger partial charge in [-0.15, -0.1) is 11.3 Å². The topological polar surface area (TPSA) is 95.5 Å². The van der Waals surface area contributed by atoms with E-state index in [-0.39, 0.29) is 10.8 Å². The van der Waals surface area contributed by atoms with E-state index in [0.717, 1.165) is 11.3 Å². The van der Waals surface area contributed by atoms with Crippen LogP contribution in [0.1, 0.15) is 28.4 Å². The van der Waals surface area contributed by atoms with E-state index in [1.807, 2.05) is 0 Å². The highest BCUT2D eigenvalue weighted by Gasteiger charge is 2.51. The third kappa shape index (κ3) is 1.67. The highest BCUT2D eigenvalue weighted by molar-refractivity contribution is 7.14. The van der Waals surface area contributed by atoms with Crippen LogP contribution in [0.3, 0.4) is 0 Å². The minimum absolute atomic E-state index is 0.138. The molecule has 0 aromatic carbocycles. The van der Waals surface area contributed by atoms with Gasteiger partial charge in [0.25, 0.3) is 5.91 Å². The molecule has 1 aromatic heterocycles. The monoisotopic (exact) mass is 268 g/mol. The summed E-state index contributed by atoms with van der Waals surface area (Å²) in [5, 5.41) is 13.7. The predicted octanol–water partition coefficient (Wildman–Crippen LogP) is 1.14. The van der Waals surface area contributed by atoms with Crippen LogP contribution in [0.4, 0.5) is 4.79 Å². The molecule has 18 heavy (non-hydrogen) atoms. The van der Waals surface area contributed by atoms with Crippen molar-refractivity contribution in [2.45, 2.75) is 19.4 Å². The predicted molar refractivity (Wildman–Crippen MR) is 64.5 cm³/mol. The molecule has 0 aliphatic carbocycles. The number of imide groups is 1. The summed E-state index contributed by atoms with van der Waals surface area (Å²) in [4.78, 5) is 34.9. The number of carbonyl (C=O) groups is 3. The number of rotatable bonds is 3. The first-order valence-electron chi connectivity index (χ1n) is 5.35. The first-order chi connectivity index (χ1) is 8.37. The van der Waals surface area contributed by atoms with E-state index in [0.29, 0.717) is 4.88 Å². The number of nitrogens with one attached hydrogen (secondary N) is 2. The fraction of sp³-hybridized carbons (Fsp3) is 0.364. The van der Waals surface area contributed by atoms with Crippen LogP contribution in [0, 0.1) is 5.92 Å². The lowest BCUT2D eigenvalue weighted by molar-refractivity contribution is -0.125. The Bertz CT molecular complexity index is 537. The highest BCUT2D eigenvalue weighted by Crippen LogP contribution is 2.36. The van der Waals surface area contributed by atoms with Gasteiger partial charge in [0, 0.05) is 4.88 Å². The third-order valence-corrected chi connectivity index (χ3v) is 4.18. The molecule has 96 valence electrons. The largest absolute Gasteiger partial charge is 0.477 e. The molecular formula is C11H12N2O4S. The second-order valence-electron chi connectivity index (χ2n) is 4.34. The molecule has 0 spiro atoms. The molecule has 1 atom stereocenters. The summed E-state index contributed by atoms with van der Waals surface area (Å²) in [6.07, 6.45) is 0. The standard InChI is InChI=1S/C11H12N2O4S/c1-5(2)11(9(16)12-10(17)13-11)7-4-3-6(18-7)8(14)15/h3-5H,1-2H3,(H,14,15)(H2,12,13,16,17). The van der Waals surface area contributed by atoms with Crippen LogP contribution in [0.2, 0.25) is 0 Å². The zero-order valence-corrected chi connectivity index (χ0v) is 10.6. The molecule has 1 fully saturated rings. The first kappa shape index (κ1) is 12.6. The van der Waals surface area contributed by atoms with Crippen LogP contribution in [0.25, 0.3) is 0 Å². The lowest BCUT2D eigenvalue weighted by Gasteiger charge is -2.28. The summed E-state index contributed by atoms with van der Waals surface area (Å²) in [6.45, 7) is 3.59. The molecule has 1 saturated heterocycles. The lowest BCUT2D eigenvalue weighted by atomic mass is 9.85. The van der Waals surface area contributed by atoms with Gasteiger partial charge in [0.1, 0.15) is 4.88 Å². The van der Waals surface area contributed by atoms with Crippen LogP contribution in [0.5, 0.6) is 0 Å². The summed E-state index contributed by atoms with van der Waals surface area (Å²) < 4.78 is 0. The van der Waals surface area contributed by atoms with Gasteiger partial charge in [-0.2, -0.15) is 0 Å². The summed E-state index contributed by atoms with van der Waals surface area (Å²) in [7, 11) is 0. The van der Waals surface area contributed by atoms with E-state index in [1.54, 1.807) is 19.9 Å². The van der Waals surface area contributed by atoms with Gasteiger partial charge in [0.15, 0.2) is 5.54 Å². The minimum Gasteiger partial charge on any atom is -0.477 e. The van der Waals surface area contributed by atoms with Crippen molar-refractivity contribution in [1.29, 1.82) is 0 Å². The number of carbonyl (C=O) groups excluding carboxylic acids is 2. The Morgan fingerprint density at radius 3 is 2.44 bits per heavy atom. The minimum atomic E-state index is -1.17. The second-order valence-corrected chi connectivity index (χ2v) is 5.42. The van der Waals surface area contributed by atoms with Crippen molar-refractivity contribution >= 4 is 29.2 Å². The molecule has 6 nitrogen and oxygen atoms in total. The van der Waals surface area contributed by atoms with Crippen LogP contribution in [-0.4, -0.2) is 23.0 Å². The number of thiophene rings is 1. The molecule has 2 rings (SSSR count). The van der Waals surface area contributed by atoms with Gasteiger partial charge in [0.05, 0.1) is 0 Å². The van der Waals surface area contributed by atoms with Crippen molar-refractivity contribution in [3.63, 3.8) is 0 Å². The maximum atomic E-state index is 12.0. The smallest absolute Gasteiger partial charge is 0.345 e. The Labute approximate surface area is 107 Å². The maximum Gasteiger partial charge on any atom is 0.345 e. The summed E-state index contributed by atoms with van der Waals surface area (Å²) in [5.74, 6) is -1.68. The third-order valence-electron chi connectivity index (χ3n) is 2.97. The van der Waals surface area contributed by atoms with Crippen LogP contribution in [0.15, 0.2) is 12.1 Å². The zero-order valence-electron chi connectivity index (χ0n) is 9.81. The number of hydrogen-bond acceptors (Lipinski definition) is 4. The molecular weight excluding hydrogens is 256 g/mol. The van der Waals surface area contributed by atoms with E-state index < -0.39 is 23.4 Å². The first-order valence-corrected chi connectivity index (χ1v) is 6.16. The van der Waals surface area contributed by atoms with Gasteiger partial charge in [0.2, 0.25) is 0 Å². The average Bonchev–Trinajstić information content (AvgIpc) is 2.83. The van der Waals surface area contributed by atoms with Gasteiger partial charge < -0.3 is 10.4 Å². The summed E-state index contributed by atoms with van der Waals surface area (Å²) in [6, 6.07) is 2.45. The van der Waals surface area contributed by atoms with Crippen molar-refractivity contribution in [2.75, 3.05) is 0 Å². The fourth-order valence-corrected chi connectivity index (χ4v) is 3.13. The summed E-state index contributed by atoms with van der Waals surface area (Å²) >= 11 is 0.996. The molecule has 0 saturated carbocycles. The lowest BCUT2D eigenvalue weighted by Crippen LogP contribution is -2.47. The number of hydrogen-bond donors (Lipinski definition) is 3. The van der Waals surface area contributed by atoms with Crippen LogP contribution < -0.4 is 10.6 Å². The van der Waals surface area contributed by atoms with Gasteiger partial charge >= 0.3 is 12.0 Å². The molecule has 0 radical (unpaired) electrons. The van der Waals surface area contributed by atoms with Crippen LogP contribution in [-0.2, 0) is 10.3 Å². The molecule has 2 heterocycles. The van der Waals surface area contributed by atoms with Gasteiger partial charge in [-0.05, 0) is 18.1 Å². The number of amides is 3. The second kappa shape index (κ2) is 4.09. The SMILES string of the molecule is CC(C)C1(c2ccc(C(=O)O)s2)NC(=O)NC1=O. The number of carboxylic acid groups (broad SMARTS) is 1. The van der Waals surface area contributed by atoms with Crippen molar-refractivity contribution in [3.05, 3.63) is 21.9 Å². The summed E-state index contributed by atoms with van der Waals surface area (Å²) in [5.41, 5.74) is -1.17. The molecule has 3 N–H and O–H groups in total. The van der Waals surface area contributed by atoms with E-state index in [9.17, 15) is 14.4 Å². The van der Waals surface area contributed by atoms with Crippen LogP contribution >= 0.6 is 11.3 Å². The van der Waals surface area contributed by atoms with Gasteiger partial charge in [-0.1, -0.05) is 13.8 Å². The van der Waals surface area contributed by atoms with E-state index in [2.05, 4.69) is 10.6 Å². The highest BCUT2D eigenvalue weighted by atomic mass is 32.1. The normalized spacial score (nSPS) is 23.1. The van der Waals surface area contributed by atoms with Crippen molar-refractivity contribution in [3.8, 4) is 0 Å². The Balaban J connectivity index is 2.51. The average molecular weight is 268 g/mol. The molecule has 0 bridgehead atoms. The van der Waals surface area contributed by atoms with E-state index in [1.165, 1.54) is 6.07 Å². The molecule has 7 heteroatoms. The maximum absolute atomic E-state index is 12.0. The van der Waals surface area contributed by atoms with E-state index in [4.69, 9.17) is 5.11 Å². The van der Waals surface area contributed by atoms with Crippen molar-refractivity contribution in [2.24, 2.45) is 5.92 Å². The van der Waals surface area contributed by atoms with E-state index >= 15 is 0 Å². The molecule has 1 aromatic rings. The Hall–Kier alpha value is -1.89. The molecule has 1 unspecified atom stereocenters. The quantitative estimate of drug-likeness (QED) is 0.716. The molecule has 1 aliphatic rings. The van der Waals surface area contributed by atoms with Gasteiger partial charge in [-0.25, -0.2) is 9.59 Å². The van der Waals surface area contributed by atoms with Crippen molar-refractivity contribution in [1.82, 2.24) is 10.6 Å². The van der Waals surface area contributed by atoms with Crippen molar-refractivity contribution < 1.29 is 19.5 Å². The fourth-order valence-electron chi connectivity index (χ4n) is 2.00. The molecule has 1 aliphatic heterocycles. The Morgan fingerprint density at radius 2 is 2.06 bits per heavy atom. The molecule has 3 amide bonds.